The van der Waals surface area contributed by atoms with Gasteiger partial charge in [-0.1, -0.05) is 0 Å². The van der Waals surface area contributed by atoms with Crippen LogP contribution in [0.3, 0.4) is 0 Å². The molecule has 22 heavy (non-hydrogen) atoms. The number of benzene rings is 1. The largest absolute Gasteiger partial charge is 0.339 e. The van der Waals surface area contributed by atoms with Gasteiger partial charge in [-0.3, -0.25) is 9.59 Å². The Balaban J connectivity index is 3.32. The summed E-state index contributed by atoms with van der Waals surface area (Å²) in [4.78, 5) is 29.2. The van der Waals surface area contributed by atoms with Crippen molar-refractivity contribution >= 4 is 34.0 Å². The van der Waals surface area contributed by atoms with Crippen LogP contribution in [0.4, 0.5) is 9.59 Å². The van der Waals surface area contributed by atoms with Crippen LogP contribution in [0.2, 0.25) is 0 Å². The predicted molar refractivity (Wildman–Crippen MR) is 95.3 cm³/mol. The molecule has 0 heterocycles. The lowest BCUT2D eigenvalue weighted by molar-refractivity contribution is 0.240. The second-order valence-corrected chi connectivity index (χ2v) is 7.61. The van der Waals surface area contributed by atoms with Crippen LogP contribution in [-0.4, -0.2) is 48.5 Å². The maximum absolute atomic E-state index is 12.0. The van der Waals surface area contributed by atoms with Crippen LogP contribution in [0.5, 0.6) is 0 Å². The van der Waals surface area contributed by atoms with E-state index < -0.39 is 0 Å². The van der Waals surface area contributed by atoms with E-state index in [4.69, 9.17) is 0 Å². The molecule has 0 aliphatic rings. The molecule has 0 fully saturated rings. The highest BCUT2D eigenvalue weighted by atomic mass is 32.2. The first-order valence-corrected chi connectivity index (χ1v) is 8.59. The molecule has 0 bridgehead atoms. The van der Waals surface area contributed by atoms with E-state index in [1.54, 1.807) is 38.0 Å². The van der Waals surface area contributed by atoms with Gasteiger partial charge in [-0.25, -0.2) is 0 Å². The summed E-state index contributed by atoms with van der Waals surface area (Å²) in [7, 11) is 7.00. The lowest BCUT2D eigenvalue weighted by atomic mass is 10.0. The first-order valence-electron chi connectivity index (χ1n) is 6.96. The van der Waals surface area contributed by atoms with Gasteiger partial charge in [0.05, 0.1) is 0 Å². The number of carbonyl (C=O) groups is 2. The Morgan fingerprint density at radius 3 is 1.05 bits per heavy atom. The molecule has 0 saturated heterocycles. The van der Waals surface area contributed by atoms with E-state index in [2.05, 4.69) is 0 Å². The average molecular weight is 341 g/mol. The fourth-order valence-electron chi connectivity index (χ4n) is 1.91. The van der Waals surface area contributed by atoms with Crippen molar-refractivity contribution in [2.24, 2.45) is 0 Å². The predicted octanol–water partition coefficient (Wildman–Crippen LogP) is 4.47. The molecule has 0 saturated carbocycles. The molecule has 0 atom stereocenters. The third-order valence-corrected chi connectivity index (χ3v) is 6.31. The normalized spacial score (nSPS) is 10.5. The zero-order valence-corrected chi connectivity index (χ0v) is 16.2. The second-order valence-electron chi connectivity index (χ2n) is 5.68. The van der Waals surface area contributed by atoms with Gasteiger partial charge in [0.1, 0.15) is 0 Å². The Bertz CT molecular complexity index is 529. The molecule has 1 aromatic rings. The summed E-state index contributed by atoms with van der Waals surface area (Å²) in [6.45, 7) is 8.04. The molecule has 0 aromatic heterocycles. The summed E-state index contributed by atoms with van der Waals surface area (Å²) in [5.74, 6) is 0. The number of carbonyl (C=O) groups excluding carboxylic acids is 2. The highest BCUT2D eigenvalue weighted by molar-refractivity contribution is 8.14. The fraction of sp³-hybridized carbons (Fsp3) is 0.500. The number of amides is 2. The molecular weight excluding hydrogens is 316 g/mol. The Morgan fingerprint density at radius 2 is 0.864 bits per heavy atom. The second kappa shape index (κ2) is 7.42. The van der Waals surface area contributed by atoms with E-state index in [1.165, 1.54) is 23.5 Å². The highest BCUT2D eigenvalue weighted by Gasteiger charge is 2.20. The van der Waals surface area contributed by atoms with Crippen LogP contribution >= 0.6 is 23.5 Å². The lowest BCUT2D eigenvalue weighted by Gasteiger charge is -2.21. The molecule has 6 heteroatoms. The van der Waals surface area contributed by atoms with Gasteiger partial charge < -0.3 is 9.80 Å². The van der Waals surface area contributed by atoms with E-state index in [0.29, 0.717) is 0 Å². The van der Waals surface area contributed by atoms with Gasteiger partial charge in [0.15, 0.2) is 0 Å². The smallest absolute Gasteiger partial charge is 0.285 e. The van der Waals surface area contributed by atoms with Crippen LogP contribution in [-0.2, 0) is 0 Å². The number of thioether (sulfide) groups is 2. The van der Waals surface area contributed by atoms with Gasteiger partial charge >= 0.3 is 0 Å². The number of hydrogen-bond donors (Lipinski definition) is 0. The van der Waals surface area contributed by atoms with E-state index in [0.717, 1.165) is 32.0 Å². The quantitative estimate of drug-likeness (QED) is 0.745. The number of nitrogens with zero attached hydrogens (tertiary/aromatic N) is 2. The number of hydrogen-bond acceptors (Lipinski definition) is 4. The maximum atomic E-state index is 12.0. The first-order chi connectivity index (χ1) is 10.1. The zero-order valence-electron chi connectivity index (χ0n) is 14.5. The van der Waals surface area contributed by atoms with Crippen molar-refractivity contribution in [2.45, 2.75) is 37.5 Å². The molecule has 4 nitrogen and oxygen atoms in total. The molecule has 1 rings (SSSR count). The molecule has 0 spiro atoms. The Morgan fingerprint density at radius 1 is 0.636 bits per heavy atom. The third kappa shape index (κ3) is 3.98. The molecule has 0 aliphatic heterocycles. The van der Waals surface area contributed by atoms with Gasteiger partial charge in [-0.2, -0.15) is 0 Å². The van der Waals surface area contributed by atoms with Crippen LogP contribution in [0.1, 0.15) is 22.3 Å². The van der Waals surface area contributed by atoms with Gasteiger partial charge in [-0.05, 0) is 73.5 Å². The maximum Gasteiger partial charge on any atom is 0.285 e. The minimum absolute atomic E-state index is 0.00905. The van der Waals surface area contributed by atoms with Crippen molar-refractivity contribution in [3.05, 3.63) is 22.3 Å². The first kappa shape index (κ1) is 18.9. The fourth-order valence-corrected chi connectivity index (χ4v) is 3.85. The average Bonchev–Trinajstić information content (AvgIpc) is 2.45. The van der Waals surface area contributed by atoms with Crippen molar-refractivity contribution in [1.82, 2.24) is 9.80 Å². The van der Waals surface area contributed by atoms with Crippen LogP contribution in [0.25, 0.3) is 0 Å². The lowest BCUT2D eigenvalue weighted by Crippen LogP contribution is -2.17. The Labute approximate surface area is 141 Å². The topological polar surface area (TPSA) is 40.6 Å². The van der Waals surface area contributed by atoms with Gasteiger partial charge in [0, 0.05) is 38.0 Å². The monoisotopic (exact) mass is 340 g/mol. The standard InChI is InChI=1S/C16H24N2O2S2/c1-9-10(2)14(22-16(20)18(7)8)12(4)11(3)13(9)21-15(19)17(5)6/h1-8H3. The van der Waals surface area contributed by atoms with Crippen molar-refractivity contribution in [3.63, 3.8) is 0 Å². The van der Waals surface area contributed by atoms with Gasteiger partial charge in [0.25, 0.3) is 10.5 Å². The van der Waals surface area contributed by atoms with E-state index in [9.17, 15) is 9.59 Å². The van der Waals surface area contributed by atoms with Crippen molar-refractivity contribution in [2.75, 3.05) is 28.2 Å². The molecule has 0 unspecified atom stereocenters. The Kier molecular flexibility index (Phi) is 6.38. The molecular formula is C16H24N2O2S2. The molecule has 2 amide bonds. The molecule has 0 radical (unpaired) electrons. The van der Waals surface area contributed by atoms with E-state index in [1.807, 2.05) is 27.7 Å². The summed E-state index contributed by atoms with van der Waals surface area (Å²) < 4.78 is 0. The summed E-state index contributed by atoms with van der Waals surface area (Å²) in [5.41, 5.74) is 4.27. The Hall–Kier alpha value is -1.14. The van der Waals surface area contributed by atoms with Crippen LogP contribution in [0.15, 0.2) is 9.79 Å². The SMILES string of the molecule is Cc1c(C)c(SC(=O)N(C)C)c(C)c(C)c1SC(=O)N(C)C. The van der Waals surface area contributed by atoms with Gasteiger partial charge in [0.2, 0.25) is 0 Å². The summed E-state index contributed by atoms with van der Waals surface area (Å²) in [6, 6.07) is 0. The highest BCUT2D eigenvalue weighted by Crippen LogP contribution is 2.39. The van der Waals surface area contributed by atoms with Crippen molar-refractivity contribution in [1.29, 1.82) is 0 Å². The summed E-state index contributed by atoms with van der Waals surface area (Å²) >= 11 is 2.50. The van der Waals surface area contributed by atoms with Gasteiger partial charge in [-0.15, -0.1) is 0 Å². The summed E-state index contributed by atoms with van der Waals surface area (Å²) in [6.07, 6.45) is 0. The van der Waals surface area contributed by atoms with Crippen LogP contribution in [0, 0.1) is 27.7 Å². The zero-order chi connectivity index (χ0) is 17.2. The minimum atomic E-state index is 0.00905. The molecule has 0 N–H and O–H groups in total. The minimum Gasteiger partial charge on any atom is -0.339 e. The molecule has 0 aliphatic carbocycles. The number of rotatable bonds is 2. The van der Waals surface area contributed by atoms with E-state index >= 15 is 0 Å². The van der Waals surface area contributed by atoms with Crippen molar-refractivity contribution in [3.8, 4) is 0 Å². The third-order valence-electron chi connectivity index (χ3n) is 3.60. The van der Waals surface area contributed by atoms with Crippen LogP contribution < -0.4 is 0 Å². The summed E-state index contributed by atoms with van der Waals surface area (Å²) in [5, 5.41) is 0.0181. The van der Waals surface area contributed by atoms with Crippen molar-refractivity contribution < 1.29 is 9.59 Å². The molecule has 122 valence electrons. The molecule has 1 aromatic carbocycles. The van der Waals surface area contributed by atoms with E-state index in [-0.39, 0.29) is 10.5 Å².